The van der Waals surface area contributed by atoms with Crippen LogP contribution in [0.4, 0.5) is 0 Å². The molecule has 1 heterocycles. The van der Waals surface area contributed by atoms with Crippen LogP contribution in [-0.4, -0.2) is 48.7 Å². The maximum absolute atomic E-state index is 11.4. The summed E-state index contributed by atoms with van der Waals surface area (Å²) in [5.41, 5.74) is 1.28. The first-order chi connectivity index (χ1) is 10.0. The van der Waals surface area contributed by atoms with Crippen molar-refractivity contribution in [3.8, 4) is 17.0 Å². The van der Waals surface area contributed by atoms with Gasteiger partial charge < -0.3 is 14.7 Å². The minimum Gasteiger partial charge on any atom is -0.497 e. The Morgan fingerprint density at radius 2 is 2.19 bits per heavy atom. The molecular weight excluding hydrogens is 288 g/mol. The molecule has 0 amide bonds. The first-order valence-electron chi connectivity index (χ1n) is 6.53. The average molecular weight is 306 g/mol. The van der Waals surface area contributed by atoms with E-state index < -0.39 is 5.97 Å². The highest BCUT2D eigenvalue weighted by molar-refractivity contribution is 7.14. The summed E-state index contributed by atoms with van der Waals surface area (Å²) < 4.78 is 5.18. The lowest BCUT2D eigenvalue weighted by Crippen LogP contribution is -2.14. The van der Waals surface area contributed by atoms with Gasteiger partial charge >= 0.3 is 5.97 Å². The molecule has 0 saturated heterocycles. The van der Waals surface area contributed by atoms with Crippen LogP contribution in [0.15, 0.2) is 24.3 Å². The number of methoxy groups -OCH3 is 1. The van der Waals surface area contributed by atoms with Crippen LogP contribution in [0.3, 0.4) is 0 Å². The number of aromatic nitrogens is 1. The minimum absolute atomic E-state index is 0.275. The van der Waals surface area contributed by atoms with E-state index in [4.69, 9.17) is 4.74 Å². The van der Waals surface area contributed by atoms with Gasteiger partial charge in [0.2, 0.25) is 0 Å². The van der Waals surface area contributed by atoms with Crippen LogP contribution >= 0.6 is 11.3 Å². The number of aromatic carboxylic acids is 1. The molecule has 0 fully saturated rings. The number of nitrogens with zero attached hydrogens (tertiary/aromatic N) is 2. The number of thiazole rings is 1. The number of benzene rings is 1. The van der Waals surface area contributed by atoms with Crippen molar-refractivity contribution in [1.29, 1.82) is 0 Å². The van der Waals surface area contributed by atoms with E-state index in [2.05, 4.69) is 4.98 Å². The largest absolute Gasteiger partial charge is 0.497 e. The number of rotatable bonds is 6. The van der Waals surface area contributed by atoms with Crippen molar-refractivity contribution in [2.24, 2.45) is 0 Å². The quantitative estimate of drug-likeness (QED) is 0.889. The lowest BCUT2D eigenvalue weighted by atomic mass is 10.1. The molecule has 112 valence electrons. The van der Waals surface area contributed by atoms with E-state index in [-0.39, 0.29) is 4.88 Å². The average Bonchev–Trinajstić information content (AvgIpc) is 2.89. The number of ether oxygens (including phenoxy) is 1. The van der Waals surface area contributed by atoms with Gasteiger partial charge in [0.05, 0.1) is 17.8 Å². The second-order valence-corrected chi connectivity index (χ2v) is 5.96. The molecule has 1 aromatic heterocycles. The molecule has 0 spiro atoms. The number of carbonyl (C=O) groups is 1. The Labute approximate surface area is 127 Å². The molecule has 5 nitrogen and oxygen atoms in total. The number of hydrogen-bond donors (Lipinski definition) is 1. The van der Waals surface area contributed by atoms with Gasteiger partial charge in [-0.2, -0.15) is 0 Å². The second kappa shape index (κ2) is 6.69. The van der Waals surface area contributed by atoms with E-state index >= 15 is 0 Å². The predicted molar refractivity (Wildman–Crippen MR) is 83.3 cm³/mol. The molecule has 6 heteroatoms. The number of hydrogen-bond acceptors (Lipinski definition) is 5. The standard InChI is InChI=1S/C15H18N2O3S/c1-17(2)8-7-12-16-13(14(21-12)15(18)19)10-5-4-6-11(9-10)20-3/h4-6,9H,7-8H2,1-3H3,(H,18,19). The Kier molecular flexibility index (Phi) is 4.93. The highest BCUT2D eigenvalue weighted by Gasteiger charge is 2.19. The summed E-state index contributed by atoms with van der Waals surface area (Å²) in [5.74, 6) is -0.256. The summed E-state index contributed by atoms with van der Waals surface area (Å²) in [6.45, 7) is 0.837. The van der Waals surface area contributed by atoms with E-state index in [0.717, 1.165) is 23.5 Å². The van der Waals surface area contributed by atoms with E-state index in [1.54, 1.807) is 13.2 Å². The molecule has 1 aromatic carbocycles. The summed E-state index contributed by atoms with van der Waals surface area (Å²) >= 11 is 1.24. The third-order valence-electron chi connectivity index (χ3n) is 2.98. The molecule has 0 unspecified atom stereocenters. The SMILES string of the molecule is COc1cccc(-c2nc(CCN(C)C)sc2C(=O)O)c1. The van der Waals surface area contributed by atoms with Gasteiger partial charge in [-0.05, 0) is 26.2 Å². The normalized spacial score (nSPS) is 10.9. The lowest BCUT2D eigenvalue weighted by molar-refractivity contribution is 0.0702. The maximum atomic E-state index is 11.4. The zero-order valence-electron chi connectivity index (χ0n) is 12.3. The van der Waals surface area contributed by atoms with Gasteiger partial charge in [-0.15, -0.1) is 11.3 Å². The first-order valence-corrected chi connectivity index (χ1v) is 7.35. The zero-order valence-corrected chi connectivity index (χ0v) is 13.1. The van der Waals surface area contributed by atoms with E-state index in [9.17, 15) is 9.90 Å². The molecule has 1 N–H and O–H groups in total. The second-order valence-electron chi connectivity index (χ2n) is 4.88. The van der Waals surface area contributed by atoms with E-state index in [0.29, 0.717) is 11.4 Å². The topological polar surface area (TPSA) is 62.7 Å². The highest BCUT2D eigenvalue weighted by atomic mass is 32.1. The molecule has 0 aliphatic rings. The monoisotopic (exact) mass is 306 g/mol. The molecule has 0 atom stereocenters. The third kappa shape index (κ3) is 3.80. The molecular formula is C15H18N2O3S. The Morgan fingerprint density at radius 3 is 2.81 bits per heavy atom. The van der Waals surface area contributed by atoms with E-state index in [1.807, 2.05) is 37.2 Å². The number of carboxylic acids is 1. The molecule has 0 saturated carbocycles. The van der Waals surface area contributed by atoms with Crippen molar-refractivity contribution in [2.75, 3.05) is 27.7 Å². The predicted octanol–water partition coefficient (Wildman–Crippen LogP) is 2.62. The van der Waals surface area contributed by atoms with Gasteiger partial charge in [0, 0.05) is 18.5 Å². The van der Waals surface area contributed by atoms with Crippen LogP contribution in [-0.2, 0) is 6.42 Å². The van der Waals surface area contributed by atoms with Gasteiger partial charge in [-0.25, -0.2) is 9.78 Å². The summed E-state index contributed by atoms with van der Waals surface area (Å²) in [5, 5.41) is 10.2. The lowest BCUT2D eigenvalue weighted by Gasteiger charge is -2.06. The molecule has 21 heavy (non-hydrogen) atoms. The summed E-state index contributed by atoms with van der Waals surface area (Å²) in [6, 6.07) is 7.30. The Morgan fingerprint density at radius 1 is 1.43 bits per heavy atom. The number of carboxylic acid groups (broad SMARTS) is 1. The fourth-order valence-electron chi connectivity index (χ4n) is 1.90. The van der Waals surface area contributed by atoms with Crippen LogP contribution in [0.1, 0.15) is 14.7 Å². The number of likely N-dealkylation sites (N-methyl/N-ethyl adjacent to an activating group) is 1. The fourth-order valence-corrected chi connectivity index (χ4v) is 2.81. The summed E-state index contributed by atoms with van der Waals surface area (Å²) in [6.07, 6.45) is 0.738. The summed E-state index contributed by atoms with van der Waals surface area (Å²) in [4.78, 5) is 18.3. The zero-order chi connectivity index (χ0) is 15.4. The molecule has 2 aromatic rings. The van der Waals surface area contributed by atoms with Crippen molar-refractivity contribution >= 4 is 17.3 Å². The molecule has 0 radical (unpaired) electrons. The van der Waals surface area contributed by atoms with Gasteiger partial charge in [0.1, 0.15) is 10.6 Å². The van der Waals surface area contributed by atoms with Crippen LogP contribution in [0.5, 0.6) is 5.75 Å². The van der Waals surface area contributed by atoms with Gasteiger partial charge in [0.15, 0.2) is 0 Å². The Balaban J connectivity index is 2.38. The summed E-state index contributed by atoms with van der Waals surface area (Å²) in [7, 11) is 5.55. The Hall–Kier alpha value is -1.92. The van der Waals surface area contributed by atoms with Crippen LogP contribution in [0.25, 0.3) is 11.3 Å². The van der Waals surface area contributed by atoms with E-state index in [1.165, 1.54) is 11.3 Å². The van der Waals surface area contributed by atoms with Crippen molar-refractivity contribution in [2.45, 2.75) is 6.42 Å². The molecule has 0 aliphatic carbocycles. The van der Waals surface area contributed by atoms with Crippen LogP contribution in [0.2, 0.25) is 0 Å². The molecule has 0 aliphatic heterocycles. The third-order valence-corrected chi connectivity index (χ3v) is 4.08. The molecule has 0 bridgehead atoms. The van der Waals surface area contributed by atoms with Gasteiger partial charge in [-0.3, -0.25) is 0 Å². The van der Waals surface area contributed by atoms with Crippen molar-refractivity contribution in [3.05, 3.63) is 34.2 Å². The van der Waals surface area contributed by atoms with Gasteiger partial charge in [-0.1, -0.05) is 12.1 Å². The first kappa shape index (κ1) is 15.5. The maximum Gasteiger partial charge on any atom is 0.348 e. The smallest absolute Gasteiger partial charge is 0.348 e. The fraction of sp³-hybridized carbons (Fsp3) is 0.333. The van der Waals surface area contributed by atoms with Crippen LogP contribution < -0.4 is 4.74 Å². The van der Waals surface area contributed by atoms with Gasteiger partial charge in [0.25, 0.3) is 0 Å². The highest BCUT2D eigenvalue weighted by Crippen LogP contribution is 2.30. The minimum atomic E-state index is -0.943. The van der Waals surface area contributed by atoms with Crippen LogP contribution in [0, 0.1) is 0 Å². The molecule has 2 rings (SSSR count). The Bertz CT molecular complexity index is 638. The van der Waals surface area contributed by atoms with Crippen molar-refractivity contribution in [3.63, 3.8) is 0 Å². The van der Waals surface area contributed by atoms with Crippen molar-refractivity contribution < 1.29 is 14.6 Å². The van der Waals surface area contributed by atoms with Crippen molar-refractivity contribution in [1.82, 2.24) is 9.88 Å².